The van der Waals surface area contributed by atoms with Crippen LogP contribution in [0.15, 0.2) is 0 Å². The van der Waals surface area contributed by atoms with E-state index in [-0.39, 0.29) is 0 Å². The van der Waals surface area contributed by atoms with E-state index < -0.39 is 0 Å². The van der Waals surface area contributed by atoms with Gasteiger partial charge in [0.15, 0.2) is 0 Å². The molecule has 0 fully saturated rings. The van der Waals surface area contributed by atoms with Crippen LogP contribution in [0.1, 0.15) is 39.5 Å². The van der Waals surface area contributed by atoms with Crippen LogP contribution in [0.4, 0.5) is 0 Å². The third-order valence-corrected chi connectivity index (χ3v) is 1.63. The Morgan fingerprint density at radius 2 is 1.80 bits per heavy atom. The first-order valence-corrected chi connectivity index (χ1v) is 4.25. The summed E-state index contributed by atoms with van der Waals surface area (Å²) in [5, 5.41) is 10.4. The molecule has 0 saturated heterocycles. The SMILES string of the molecule is CCCCCCN(O)CC. The first-order valence-electron chi connectivity index (χ1n) is 4.25. The van der Waals surface area contributed by atoms with Gasteiger partial charge in [0.1, 0.15) is 0 Å². The zero-order valence-electron chi connectivity index (χ0n) is 7.14. The van der Waals surface area contributed by atoms with Crippen molar-refractivity contribution in [2.24, 2.45) is 0 Å². The van der Waals surface area contributed by atoms with Gasteiger partial charge in [-0.2, -0.15) is 5.06 Å². The maximum Gasteiger partial charge on any atom is 0.0238 e. The van der Waals surface area contributed by atoms with Crippen LogP contribution in [-0.4, -0.2) is 23.4 Å². The lowest BCUT2D eigenvalue weighted by Crippen LogP contribution is -2.19. The molecule has 0 amide bonds. The smallest absolute Gasteiger partial charge is 0.0238 e. The van der Waals surface area contributed by atoms with E-state index in [2.05, 4.69) is 6.92 Å². The predicted molar refractivity (Wildman–Crippen MR) is 43.2 cm³/mol. The maximum absolute atomic E-state index is 8.99. The molecule has 62 valence electrons. The molecule has 0 aromatic heterocycles. The monoisotopic (exact) mass is 145 g/mol. The van der Waals surface area contributed by atoms with Crippen LogP contribution in [0.5, 0.6) is 0 Å². The Labute approximate surface area is 63.8 Å². The van der Waals surface area contributed by atoms with Gasteiger partial charge in [-0.25, -0.2) is 0 Å². The number of unbranched alkanes of at least 4 members (excludes halogenated alkanes) is 3. The van der Waals surface area contributed by atoms with E-state index >= 15 is 0 Å². The zero-order valence-corrected chi connectivity index (χ0v) is 7.14. The molecule has 0 atom stereocenters. The average Bonchev–Trinajstić information content (AvgIpc) is 1.98. The highest BCUT2D eigenvalue weighted by Crippen LogP contribution is 1.99. The summed E-state index contributed by atoms with van der Waals surface area (Å²) in [5.74, 6) is 0. The van der Waals surface area contributed by atoms with E-state index in [1.807, 2.05) is 6.92 Å². The van der Waals surface area contributed by atoms with E-state index in [1.165, 1.54) is 24.3 Å². The molecule has 10 heavy (non-hydrogen) atoms. The van der Waals surface area contributed by atoms with Crippen LogP contribution in [0, 0.1) is 0 Å². The molecule has 0 radical (unpaired) electrons. The largest absolute Gasteiger partial charge is 0.314 e. The van der Waals surface area contributed by atoms with Crippen molar-refractivity contribution in [1.82, 2.24) is 5.06 Å². The summed E-state index contributed by atoms with van der Waals surface area (Å²) in [5.41, 5.74) is 0. The van der Waals surface area contributed by atoms with Gasteiger partial charge in [0.25, 0.3) is 0 Å². The van der Waals surface area contributed by atoms with Crippen LogP contribution in [0.3, 0.4) is 0 Å². The fourth-order valence-electron chi connectivity index (χ4n) is 0.879. The van der Waals surface area contributed by atoms with Gasteiger partial charge >= 0.3 is 0 Å². The molecule has 1 N–H and O–H groups in total. The van der Waals surface area contributed by atoms with Crippen molar-refractivity contribution in [3.8, 4) is 0 Å². The van der Waals surface area contributed by atoms with Gasteiger partial charge < -0.3 is 5.21 Å². The minimum atomic E-state index is 0.742. The zero-order chi connectivity index (χ0) is 7.82. The van der Waals surface area contributed by atoms with Crippen LogP contribution in [0.25, 0.3) is 0 Å². The molecular weight excluding hydrogens is 126 g/mol. The minimum absolute atomic E-state index is 0.742. The molecule has 2 heteroatoms. The molecule has 0 aromatic rings. The quantitative estimate of drug-likeness (QED) is 0.458. The lowest BCUT2D eigenvalue weighted by molar-refractivity contribution is -0.0869. The topological polar surface area (TPSA) is 23.5 Å². The van der Waals surface area contributed by atoms with Gasteiger partial charge in [0, 0.05) is 13.1 Å². The molecule has 0 rings (SSSR count). The van der Waals surface area contributed by atoms with Gasteiger partial charge in [-0.3, -0.25) is 0 Å². The first kappa shape index (κ1) is 9.92. The van der Waals surface area contributed by atoms with Crippen molar-refractivity contribution in [2.75, 3.05) is 13.1 Å². The highest BCUT2D eigenvalue weighted by molar-refractivity contribution is 4.43. The molecule has 0 spiro atoms. The third kappa shape index (κ3) is 6.05. The van der Waals surface area contributed by atoms with E-state index in [1.54, 1.807) is 0 Å². The highest BCUT2D eigenvalue weighted by Gasteiger charge is 1.94. The lowest BCUT2D eigenvalue weighted by Gasteiger charge is -2.10. The van der Waals surface area contributed by atoms with E-state index in [9.17, 15) is 0 Å². The number of hydroxylamine groups is 2. The van der Waals surface area contributed by atoms with Crippen molar-refractivity contribution in [3.63, 3.8) is 0 Å². The summed E-state index contributed by atoms with van der Waals surface area (Å²) >= 11 is 0. The highest BCUT2D eigenvalue weighted by atomic mass is 16.5. The summed E-state index contributed by atoms with van der Waals surface area (Å²) in [6, 6.07) is 0. The fraction of sp³-hybridized carbons (Fsp3) is 1.00. The minimum Gasteiger partial charge on any atom is -0.314 e. The summed E-state index contributed by atoms with van der Waals surface area (Å²) in [7, 11) is 0. The Hall–Kier alpha value is -0.0800. The van der Waals surface area contributed by atoms with E-state index in [0.717, 1.165) is 19.5 Å². The second-order valence-electron chi connectivity index (χ2n) is 2.61. The first-order chi connectivity index (χ1) is 4.81. The van der Waals surface area contributed by atoms with Crippen LogP contribution < -0.4 is 0 Å². The number of hydrogen-bond donors (Lipinski definition) is 1. The second-order valence-corrected chi connectivity index (χ2v) is 2.61. The van der Waals surface area contributed by atoms with Gasteiger partial charge in [-0.05, 0) is 6.42 Å². The summed E-state index contributed by atoms with van der Waals surface area (Å²) in [4.78, 5) is 0. The lowest BCUT2D eigenvalue weighted by atomic mass is 10.2. The van der Waals surface area contributed by atoms with E-state index in [0.29, 0.717) is 0 Å². The molecular formula is C8H19NO. The summed E-state index contributed by atoms with van der Waals surface area (Å²) in [6.45, 7) is 5.72. The molecule has 0 aliphatic heterocycles. The van der Waals surface area contributed by atoms with Gasteiger partial charge in [-0.15, -0.1) is 0 Å². The van der Waals surface area contributed by atoms with Crippen molar-refractivity contribution < 1.29 is 5.21 Å². The number of hydrogen-bond acceptors (Lipinski definition) is 2. The van der Waals surface area contributed by atoms with Crippen molar-refractivity contribution in [2.45, 2.75) is 39.5 Å². The molecule has 2 nitrogen and oxygen atoms in total. The third-order valence-electron chi connectivity index (χ3n) is 1.63. The van der Waals surface area contributed by atoms with Gasteiger partial charge in [0.2, 0.25) is 0 Å². The van der Waals surface area contributed by atoms with Crippen molar-refractivity contribution >= 4 is 0 Å². The molecule has 0 unspecified atom stereocenters. The Balaban J connectivity index is 2.89. The van der Waals surface area contributed by atoms with Gasteiger partial charge in [-0.1, -0.05) is 33.1 Å². The van der Waals surface area contributed by atoms with Crippen LogP contribution >= 0.6 is 0 Å². The number of rotatable bonds is 6. The van der Waals surface area contributed by atoms with Crippen LogP contribution in [0.2, 0.25) is 0 Å². The Kier molecular flexibility index (Phi) is 6.98. The van der Waals surface area contributed by atoms with Crippen LogP contribution in [-0.2, 0) is 0 Å². The normalized spacial score (nSPS) is 10.8. The second kappa shape index (κ2) is 7.03. The Bertz CT molecular complexity index is 66.3. The molecule has 0 aromatic carbocycles. The Morgan fingerprint density at radius 3 is 2.30 bits per heavy atom. The maximum atomic E-state index is 8.99. The number of nitrogens with zero attached hydrogens (tertiary/aromatic N) is 1. The van der Waals surface area contributed by atoms with Crippen molar-refractivity contribution in [1.29, 1.82) is 0 Å². The fourth-order valence-corrected chi connectivity index (χ4v) is 0.879. The summed E-state index contributed by atoms with van der Waals surface area (Å²) < 4.78 is 0. The molecule has 0 saturated carbocycles. The standard InChI is InChI=1S/C8H19NO/c1-3-5-6-7-8-9(10)4-2/h10H,3-8H2,1-2H3. The molecule has 0 heterocycles. The van der Waals surface area contributed by atoms with Crippen molar-refractivity contribution in [3.05, 3.63) is 0 Å². The summed E-state index contributed by atoms with van der Waals surface area (Å²) in [6.07, 6.45) is 4.92. The molecule has 0 bridgehead atoms. The van der Waals surface area contributed by atoms with Gasteiger partial charge in [0.05, 0.1) is 0 Å². The molecule has 0 aliphatic rings. The molecule has 0 aliphatic carbocycles. The van der Waals surface area contributed by atoms with E-state index in [4.69, 9.17) is 5.21 Å². The Morgan fingerprint density at radius 1 is 1.10 bits per heavy atom. The predicted octanol–water partition coefficient (Wildman–Crippen LogP) is 2.28. The average molecular weight is 145 g/mol.